The number of aldehydes is 1. The topological polar surface area (TPSA) is 52.2 Å². The number of hydrogen-bond acceptors (Lipinski definition) is 4. The Morgan fingerprint density at radius 2 is 2.04 bits per heavy atom. The molecule has 124 valence electrons. The van der Waals surface area contributed by atoms with Crippen molar-refractivity contribution < 1.29 is 9.35 Å². The van der Waals surface area contributed by atoms with E-state index in [0.29, 0.717) is 9.90 Å². The van der Waals surface area contributed by atoms with Crippen LogP contribution in [0, 0.1) is 6.92 Å². The van der Waals surface area contributed by atoms with Crippen molar-refractivity contribution in [2.75, 3.05) is 0 Å². The Labute approximate surface area is 149 Å². The molecule has 0 bridgehead atoms. The number of benzene rings is 1. The zero-order valence-electron chi connectivity index (χ0n) is 13.6. The summed E-state index contributed by atoms with van der Waals surface area (Å²) in [4.78, 5) is 12.8. The molecule has 6 heteroatoms. The number of aryl methyl sites for hydroxylation is 1. The molecular formula is C17H20ClNO2S2. The molecule has 2 atom stereocenters. The molecule has 2 rings (SSSR count). The number of halogens is 1. The summed E-state index contributed by atoms with van der Waals surface area (Å²) in [5, 5.41) is 0.624. The van der Waals surface area contributed by atoms with E-state index in [9.17, 15) is 9.35 Å². The molecular weight excluding hydrogens is 350 g/mol. The van der Waals surface area contributed by atoms with Gasteiger partial charge in [-0.3, -0.25) is 4.79 Å². The Morgan fingerprint density at radius 3 is 2.57 bits per heavy atom. The lowest BCUT2D eigenvalue weighted by Crippen LogP contribution is -2.41. The summed E-state index contributed by atoms with van der Waals surface area (Å²) in [7, 11) is 0. The highest BCUT2D eigenvalue weighted by Crippen LogP contribution is 2.33. The molecule has 1 aromatic heterocycles. The molecule has 0 spiro atoms. The van der Waals surface area contributed by atoms with E-state index in [1.165, 1.54) is 11.3 Å². The van der Waals surface area contributed by atoms with Crippen LogP contribution in [0.2, 0.25) is 5.02 Å². The molecule has 0 aliphatic carbocycles. The van der Waals surface area contributed by atoms with E-state index in [0.717, 1.165) is 22.3 Å². The van der Waals surface area contributed by atoms with Crippen LogP contribution in [0.15, 0.2) is 30.3 Å². The van der Waals surface area contributed by atoms with Crippen molar-refractivity contribution in [2.24, 2.45) is 0 Å². The molecule has 0 saturated heterocycles. The van der Waals surface area contributed by atoms with Gasteiger partial charge in [0, 0.05) is 21.3 Å². The van der Waals surface area contributed by atoms with Crippen LogP contribution < -0.4 is 4.72 Å². The van der Waals surface area contributed by atoms with Crippen molar-refractivity contribution >= 4 is 40.6 Å². The van der Waals surface area contributed by atoms with E-state index in [1.807, 2.05) is 52.0 Å². The minimum Gasteiger partial charge on any atom is -0.598 e. The van der Waals surface area contributed by atoms with Crippen LogP contribution in [0.1, 0.15) is 52.5 Å². The van der Waals surface area contributed by atoms with E-state index >= 15 is 0 Å². The molecule has 0 fully saturated rings. The average molecular weight is 370 g/mol. The number of nitrogens with one attached hydrogen (secondary N) is 1. The monoisotopic (exact) mass is 369 g/mol. The lowest BCUT2D eigenvalue weighted by atomic mass is 10.0. The first-order valence-corrected chi connectivity index (χ1v) is 9.56. The lowest BCUT2D eigenvalue weighted by molar-refractivity contribution is 0.112. The SMILES string of the molecule is Cc1sc(C=O)cc1C(N[S+]([O-])C(C)(C)C)c1cccc(Cl)c1. The Bertz CT molecular complexity index is 694. The fraction of sp³-hybridized carbons (Fsp3) is 0.353. The average Bonchev–Trinajstić information content (AvgIpc) is 2.84. The molecule has 0 aliphatic rings. The minimum atomic E-state index is -1.25. The van der Waals surface area contributed by atoms with Gasteiger partial charge in [-0.1, -0.05) is 23.7 Å². The van der Waals surface area contributed by atoms with Crippen LogP contribution in [-0.2, 0) is 11.4 Å². The molecule has 1 N–H and O–H groups in total. The third kappa shape index (κ3) is 4.58. The molecule has 1 heterocycles. The summed E-state index contributed by atoms with van der Waals surface area (Å²) in [5.41, 5.74) is 1.88. The highest BCUT2D eigenvalue weighted by Gasteiger charge is 2.31. The summed E-state index contributed by atoms with van der Waals surface area (Å²) in [6.07, 6.45) is 0.844. The van der Waals surface area contributed by atoms with Crippen molar-refractivity contribution in [3.63, 3.8) is 0 Å². The van der Waals surface area contributed by atoms with E-state index in [1.54, 1.807) is 6.07 Å². The largest absolute Gasteiger partial charge is 0.598 e. The second kappa shape index (κ2) is 7.36. The molecule has 1 aromatic carbocycles. The van der Waals surface area contributed by atoms with Gasteiger partial charge in [0.25, 0.3) is 0 Å². The quantitative estimate of drug-likeness (QED) is 0.615. The van der Waals surface area contributed by atoms with Crippen molar-refractivity contribution in [3.8, 4) is 0 Å². The summed E-state index contributed by atoms with van der Waals surface area (Å²) in [5.74, 6) is 0. The fourth-order valence-corrected chi connectivity index (χ4v) is 4.06. The van der Waals surface area contributed by atoms with Gasteiger partial charge >= 0.3 is 0 Å². The highest BCUT2D eigenvalue weighted by atomic mass is 35.5. The molecule has 2 unspecified atom stereocenters. The Hall–Kier alpha value is -0.850. The van der Waals surface area contributed by atoms with Gasteiger partial charge in [0.05, 0.1) is 4.88 Å². The van der Waals surface area contributed by atoms with Crippen LogP contribution in [0.4, 0.5) is 0 Å². The van der Waals surface area contributed by atoms with Crippen LogP contribution in [-0.4, -0.2) is 15.6 Å². The van der Waals surface area contributed by atoms with E-state index < -0.39 is 16.1 Å². The van der Waals surface area contributed by atoms with Crippen LogP contribution in [0.5, 0.6) is 0 Å². The van der Waals surface area contributed by atoms with Gasteiger partial charge in [-0.05, 0) is 57.0 Å². The number of rotatable bonds is 5. The third-order valence-electron chi connectivity index (χ3n) is 3.37. The predicted molar refractivity (Wildman–Crippen MR) is 98.8 cm³/mol. The Balaban J connectivity index is 2.46. The van der Waals surface area contributed by atoms with Gasteiger partial charge in [-0.2, -0.15) is 0 Å². The second-order valence-corrected chi connectivity index (χ2v) is 9.99. The Kier molecular flexibility index (Phi) is 5.92. The molecule has 0 radical (unpaired) electrons. The van der Waals surface area contributed by atoms with Crippen molar-refractivity contribution in [1.29, 1.82) is 0 Å². The van der Waals surface area contributed by atoms with Crippen molar-refractivity contribution in [1.82, 2.24) is 4.72 Å². The number of carbonyl (C=O) groups is 1. The lowest BCUT2D eigenvalue weighted by Gasteiger charge is -2.28. The maximum atomic E-state index is 12.6. The van der Waals surface area contributed by atoms with Gasteiger partial charge < -0.3 is 4.55 Å². The molecule has 0 amide bonds. The standard InChI is InChI=1S/C17H20ClNO2S2/c1-11-15(9-14(10-20)22-11)16(19-23(21)17(2,3)4)12-6-5-7-13(18)8-12/h5-10,16,19H,1-4H3. The second-order valence-electron chi connectivity index (χ2n) is 6.27. The molecule has 2 aromatic rings. The van der Waals surface area contributed by atoms with E-state index in [-0.39, 0.29) is 6.04 Å². The van der Waals surface area contributed by atoms with Crippen LogP contribution in [0.3, 0.4) is 0 Å². The summed E-state index contributed by atoms with van der Waals surface area (Å²) in [6, 6.07) is 9.05. The zero-order chi connectivity index (χ0) is 17.2. The first-order valence-electron chi connectivity index (χ1n) is 7.21. The van der Waals surface area contributed by atoms with Crippen LogP contribution in [0.25, 0.3) is 0 Å². The zero-order valence-corrected chi connectivity index (χ0v) is 15.9. The smallest absolute Gasteiger partial charge is 0.160 e. The van der Waals surface area contributed by atoms with E-state index in [4.69, 9.17) is 11.6 Å². The first-order chi connectivity index (χ1) is 10.7. The van der Waals surface area contributed by atoms with Crippen molar-refractivity contribution in [3.05, 3.63) is 56.2 Å². The molecule has 23 heavy (non-hydrogen) atoms. The summed E-state index contributed by atoms with van der Waals surface area (Å²) < 4.78 is 15.4. The molecule has 0 aliphatic heterocycles. The normalized spacial score (nSPS) is 14.5. The van der Waals surface area contributed by atoms with Gasteiger partial charge in [-0.25, -0.2) is 0 Å². The number of thiophene rings is 1. The Morgan fingerprint density at radius 1 is 1.35 bits per heavy atom. The number of carbonyl (C=O) groups excluding carboxylic acids is 1. The summed E-state index contributed by atoms with van der Waals surface area (Å²) >= 11 is 6.30. The van der Waals surface area contributed by atoms with E-state index in [2.05, 4.69) is 4.72 Å². The summed E-state index contributed by atoms with van der Waals surface area (Å²) in [6.45, 7) is 7.72. The maximum Gasteiger partial charge on any atom is 0.160 e. The first kappa shape index (κ1) is 18.5. The fourth-order valence-electron chi connectivity index (χ4n) is 2.15. The molecule has 3 nitrogen and oxygen atoms in total. The third-order valence-corrected chi connectivity index (χ3v) is 6.15. The van der Waals surface area contributed by atoms with Gasteiger partial charge in [-0.15, -0.1) is 16.1 Å². The van der Waals surface area contributed by atoms with Gasteiger partial charge in [0.15, 0.2) is 6.29 Å². The van der Waals surface area contributed by atoms with Crippen molar-refractivity contribution in [2.45, 2.75) is 38.5 Å². The van der Waals surface area contributed by atoms with Crippen LogP contribution >= 0.6 is 22.9 Å². The van der Waals surface area contributed by atoms with Gasteiger partial charge in [0.1, 0.15) is 10.8 Å². The maximum absolute atomic E-state index is 12.6. The minimum absolute atomic E-state index is 0.279. The highest BCUT2D eigenvalue weighted by molar-refractivity contribution is 7.90. The molecule has 0 saturated carbocycles. The predicted octanol–water partition coefficient (Wildman–Crippen LogP) is 4.66. The number of hydrogen-bond donors (Lipinski definition) is 1. The van der Waals surface area contributed by atoms with Gasteiger partial charge in [0.2, 0.25) is 0 Å².